The second-order valence-electron chi connectivity index (χ2n) is 8.08. The summed E-state index contributed by atoms with van der Waals surface area (Å²) in [6, 6.07) is 7.80. The monoisotopic (exact) mass is 510 g/mol. The maximum atomic E-state index is 12.9. The highest BCUT2D eigenvalue weighted by Gasteiger charge is 2.20. The first-order valence-corrected chi connectivity index (χ1v) is 11.5. The molecule has 1 aliphatic rings. The van der Waals surface area contributed by atoms with Crippen molar-refractivity contribution in [2.45, 2.75) is 20.8 Å². The number of hydrogen-bond acceptors (Lipinski definition) is 5. The molecule has 2 aromatic heterocycles. The second-order valence-corrected chi connectivity index (χ2v) is 8.93. The van der Waals surface area contributed by atoms with Crippen molar-refractivity contribution < 1.29 is 9.53 Å². The Morgan fingerprint density at radius 1 is 1.15 bits per heavy atom. The number of ether oxygens (including phenoxy) is 1. The minimum Gasteiger partial charge on any atom is -0.396 e. The lowest BCUT2D eigenvalue weighted by Gasteiger charge is -2.27. The van der Waals surface area contributed by atoms with E-state index in [1.54, 1.807) is 12.4 Å². The number of aromatic nitrogens is 2. The molecule has 0 aliphatic carbocycles. The van der Waals surface area contributed by atoms with Gasteiger partial charge in [-0.3, -0.25) is 9.78 Å². The number of nitrogens with two attached hydrogens (primary N) is 2. The number of amidine groups is 1. The van der Waals surface area contributed by atoms with Crippen LogP contribution >= 0.6 is 15.9 Å². The minimum absolute atomic E-state index is 0.0335. The van der Waals surface area contributed by atoms with Crippen LogP contribution in [0.2, 0.25) is 0 Å². The summed E-state index contributed by atoms with van der Waals surface area (Å²) in [7, 11) is 0. The lowest BCUT2D eigenvalue weighted by molar-refractivity contribution is 0.0303. The zero-order valence-electron chi connectivity index (χ0n) is 18.9. The smallest absolute Gasteiger partial charge is 0.254 e. The quantitative estimate of drug-likeness (QED) is 0.410. The molecule has 1 aliphatic heterocycles. The summed E-state index contributed by atoms with van der Waals surface area (Å²) in [5.74, 6) is 0.393. The summed E-state index contributed by atoms with van der Waals surface area (Å²) in [5.41, 5.74) is 18.9. The van der Waals surface area contributed by atoms with Crippen molar-refractivity contribution in [2.24, 2.45) is 10.7 Å². The van der Waals surface area contributed by atoms with Crippen LogP contribution in [0.5, 0.6) is 0 Å². The van der Waals surface area contributed by atoms with Gasteiger partial charge in [0.05, 0.1) is 29.6 Å². The molecular formula is C24H27BrN6O2. The van der Waals surface area contributed by atoms with Gasteiger partial charge >= 0.3 is 0 Å². The van der Waals surface area contributed by atoms with E-state index >= 15 is 0 Å². The van der Waals surface area contributed by atoms with Crippen LogP contribution in [0.4, 0.5) is 11.4 Å². The Morgan fingerprint density at radius 3 is 2.58 bits per heavy atom. The Kier molecular flexibility index (Phi) is 6.53. The van der Waals surface area contributed by atoms with Crippen LogP contribution < -0.4 is 11.5 Å². The van der Waals surface area contributed by atoms with Crippen LogP contribution in [-0.4, -0.2) is 52.5 Å². The Hall–Kier alpha value is -3.17. The Labute approximate surface area is 201 Å². The molecule has 9 heteroatoms. The molecule has 1 saturated heterocycles. The van der Waals surface area contributed by atoms with E-state index in [0.717, 1.165) is 28.2 Å². The fourth-order valence-corrected chi connectivity index (χ4v) is 4.42. The summed E-state index contributed by atoms with van der Waals surface area (Å²) in [6.45, 7) is 8.43. The predicted octanol–water partition coefficient (Wildman–Crippen LogP) is 3.65. The van der Waals surface area contributed by atoms with Crippen LogP contribution in [-0.2, 0) is 4.74 Å². The van der Waals surface area contributed by atoms with E-state index in [9.17, 15) is 4.79 Å². The van der Waals surface area contributed by atoms with Crippen molar-refractivity contribution in [2.75, 3.05) is 32.0 Å². The van der Waals surface area contributed by atoms with E-state index in [4.69, 9.17) is 16.2 Å². The highest BCUT2D eigenvalue weighted by atomic mass is 79.9. The lowest BCUT2D eigenvalue weighted by atomic mass is 10.1. The summed E-state index contributed by atoms with van der Waals surface area (Å²) < 4.78 is 8.15. The van der Waals surface area contributed by atoms with Crippen molar-refractivity contribution in [3.05, 3.63) is 69.2 Å². The third-order valence-corrected chi connectivity index (χ3v) is 6.48. The normalized spacial score (nSPS) is 14.5. The van der Waals surface area contributed by atoms with E-state index in [1.807, 2.05) is 49.9 Å². The number of aryl methyl sites for hydroxylation is 2. The third kappa shape index (κ3) is 4.51. The fraction of sp³-hybridized carbons (Fsp3) is 0.292. The highest BCUT2D eigenvalue weighted by Crippen LogP contribution is 2.30. The number of aliphatic imine (C=N–C) groups is 1. The van der Waals surface area contributed by atoms with Crippen LogP contribution in [0.3, 0.4) is 0 Å². The zero-order valence-corrected chi connectivity index (χ0v) is 20.5. The van der Waals surface area contributed by atoms with Gasteiger partial charge < -0.3 is 25.7 Å². The number of morpholine rings is 1. The fourth-order valence-electron chi connectivity index (χ4n) is 4.10. The van der Waals surface area contributed by atoms with Crippen LogP contribution in [0, 0.1) is 20.8 Å². The first-order valence-electron chi connectivity index (χ1n) is 10.7. The topological polar surface area (TPSA) is 112 Å². The second kappa shape index (κ2) is 9.36. The van der Waals surface area contributed by atoms with E-state index in [1.165, 1.54) is 0 Å². The molecule has 0 unspecified atom stereocenters. The molecular weight excluding hydrogens is 484 g/mol. The molecule has 3 aromatic rings. The van der Waals surface area contributed by atoms with Gasteiger partial charge in [-0.25, -0.2) is 4.99 Å². The summed E-state index contributed by atoms with van der Waals surface area (Å²) in [6.07, 6.45) is 3.20. The van der Waals surface area contributed by atoms with Gasteiger partial charge in [-0.15, -0.1) is 0 Å². The van der Waals surface area contributed by atoms with E-state index in [2.05, 4.69) is 30.5 Å². The van der Waals surface area contributed by atoms with Gasteiger partial charge in [0.15, 0.2) is 0 Å². The molecule has 0 bridgehead atoms. The Balaban J connectivity index is 1.67. The number of nitrogens with zero attached hydrogens (tertiary/aromatic N) is 4. The van der Waals surface area contributed by atoms with Crippen molar-refractivity contribution >= 4 is 39.0 Å². The van der Waals surface area contributed by atoms with Crippen molar-refractivity contribution in [1.82, 2.24) is 14.5 Å². The number of carbonyl (C=O) groups is 1. The maximum Gasteiger partial charge on any atom is 0.254 e. The standard InChI is InChI=1S/C24H27BrN6O2/c1-14-10-17(24(32)30-6-8-33-9-7-30)4-5-21(14)31-15(2)11-18(16(31)3)23(27)29-20-13-28-12-19(25)22(20)26/h4-5,10-13H,6-9H2,1-3H3,(H2,26,28)(H2,27,29). The molecule has 0 atom stereocenters. The average Bonchev–Trinajstić information content (AvgIpc) is 3.11. The Morgan fingerprint density at radius 2 is 1.88 bits per heavy atom. The first-order chi connectivity index (χ1) is 15.8. The van der Waals surface area contributed by atoms with Gasteiger partial charge in [0, 0.05) is 47.5 Å². The summed E-state index contributed by atoms with van der Waals surface area (Å²) in [5, 5.41) is 0. The maximum absolute atomic E-state index is 12.9. The molecule has 0 radical (unpaired) electrons. The number of halogens is 1. The number of benzene rings is 1. The van der Waals surface area contributed by atoms with Gasteiger partial charge in [0.25, 0.3) is 5.91 Å². The van der Waals surface area contributed by atoms with Crippen molar-refractivity contribution in [1.29, 1.82) is 0 Å². The van der Waals surface area contributed by atoms with Gasteiger partial charge in [0.1, 0.15) is 11.5 Å². The number of pyridine rings is 1. The molecule has 0 spiro atoms. The highest BCUT2D eigenvalue weighted by molar-refractivity contribution is 9.10. The molecule has 1 amide bonds. The number of nitrogen functional groups attached to an aromatic ring is 1. The lowest BCUT2D eigenvalue weighted by Crippen LogP contribution is -2.40. The third-order valence-electron chi connectivity index (χ3n) is 5.85. The van der Waals surface area contributed by atoms with Crippen molar-refractivity contribution in [3.8, 4) is 5.69 Å². The summed E-state index contributed by atoms with van der Waals surface area (Å²) in [4.78, 5) is 23.3. The van der Waals surface area contributed by atoms with E-state index < -0.39 is 0 Å². The van der Waals surface area contributed by atoms with Crippen LogP contribution in [0.1, 0.15) is 32.9 Å². The van der Waals surface area contributed by atoms with Gasteiger partial charge in [0.2, 0.25) is 0 Å². The molecule has 172 valence electrons. The molecule has 0 saturated carbocycles. The van der Waals surface area contributed by atoms with Gasteiger partial charge in [-0.1, -0.05) is 0 Å². The summed E-state index contributed by atoms with van der Waals surface area (Å²) >= 11 is 3.37. The molecule has 3 heterocycles. The molecule has 33 heavy (non-hydrogen) atoms. The number of rotatable bonds is 4. The first kappa shape index (κ1) is 23.0. The molecule has 1 fully saturated rings. The number of amides is 1. The minimum atomic E-state index is 0.0335. The van der Waals surface area contributed by atoms with Crippen LogP contribution in [0.25, 0.3) is 5.69 Å². The molecule has 4 rings (SSSR count). The van der Waals surface area contributed by atoms with Gasteiger partial charge in [-0.2, -0.15) is 0 Å². The predicted molar refractivity (Wildman–Crippen MR) is 133 cm³/mol. The zero-order chi connectivity index (χ0) is 23.7. The van der Waals surface area contributed by atoms with E-state index in [-0.39, 0.29) is 5.91 Å². The number of carbonyl (C=O) groups excluding carboxylic acids is 1. The number of hydrogen-bond donors (Lipinski definition) is 2. The molecule has 1 aromatic carbocycles. The molecule has 4 N–H and O–H groups in total. The number of anilines is 1. The van der Waals surface area contributed by atoms with Gasteiger partial charge in [-0.05, 0) is 66.5 Å². The largest absolute Gasteiger partial charge is 0.396 e. The van der Waals surface area contributed by atoms with E-state index in [0.29, 0.717) is 53.5 Å². The Bertz CT molecular complexity index is 1240. The molecule has 8 nitrogen and oxygen atoms in total. The van der Waals surface area contributed by atoms with Crippen LogP contribution in [0.15, 0.2) is 46.1 Å². The average molecular weight is 511 g/mol. The SMILES string of the molecule is Cc1cc(C(=O)N2CCOCC2)ccc1-n1c(C)cc(/C(N)=N/c2cncc(Br)c2N)c1C. The van der Waals surface area contributed by atoms with Crippen molar-refractivity contribution in [3.63, 3.8) is 0 Å².